The number of piperidine rings is 1. The summed E-state index contributed by atoms with van der Waals surface area (Å²) in [6, 6.07) is -0.0828. The quantitative estimate of drug-likeness (QED) is 0.763. The van der Waals surface area contributed by atoms with Crippen LogP contribution in [-0.4, -0.2) is 74.5 Å². The Hall–Kier alpha value is -0.820. The fourth-order valence-corrected chi connectivity index (χ4v) is 4.25. The zero-order valence-electron chi connectivity index (χ0n) is 14.3. The molecule has 130 valence electrons. The van der Waals surface area contributed by atoms with E-state index in [0.717, 1.165) is 19.5 Å². The first-order chi connectivity index (χ1) is 10.3. The largest absolute Gasteiger partial charge is 0.336 e. The molecule has 1 aliphatic rings. The molecule has 1 heterocycles. The second-order valence-corrected chi connectivity index (χ2v) is 8.38. The van der Waals surface area contributed by atoms with Crippen molar-refractivity contribution in [3.63, 3.8) is 0 Å². The van der Waals surface area contributed by atoms with Crippen LogP contribution in [0.1, 0.15) is 40.0 Å². The molecule has 2 atom stereocenters. The summed E-state index contributed by atoms with van der Waals surface area (Å²) < 4.78 is 22.8. The minimum absolute atomic E-state index is 0.00122. The maximum Gasteiger partial charge on any atom is 0.317 e. The number of hydrogen-bond acceptors (Lipinski definition) is 4. The van der Waals surface area contributed by atoms with Gasteiger partial charge in [0.25, 0.3) is 0 Å². The summed E-state index contributed by atoms with van der Waals surface area (Å²) in [5.41, 5.74) is 0. The molecular weight excluding hydrogens is 302 g/mol. The predicted octanol–water partition coefficient (Wildman–Crippen LogP) is 1.33. The summed E-state index contributed by atoms with van der Waals surface area (Å²) in [6.45, 7) is 9.04. The lowest BCUT2D eigenvalue weighted by molar-refractivity contribution is 0.146. The molecule has 1 saturated heterocycles. The van der Waals surface area contributed by atoms with Gasteiger partial charge >= 0.3 is 6.03 Å². The van der Waals surface area contributed by atoms with Gasteiger partial charge in [0.15, 0.2) is 0 Å². The van der Waals surface area contributed by atoms with E-state index in [0.29, 0.717) is 19.1 Å². The number of carbonyl (C=O) groups is 1. The van der Waals surface area contributed by atoms with Crippen LogP contribution in [0.4, 0.5) is 4.79 Å². The van der Waals surface area contributed by atoms with Crippen molar-refractivity contribution in [2.45, 2.75) is 52.1 Å². The molecule has 0 aliphatic carbocycles. The van der Waals surface area contributed by atoms with E-state index in [1.165, 1.54) is 19.1 Å². The third-order valence-corrected chi connectivity index (χ3v) is 5.41. The van der Waals surface area contributed by atoms with Crippen molar-refractivity contribution in [3.05, 3.63) is 0 Å². The number of likely N-dealkylation sites (N-methyl/N-ethyl adjacent to an activating group) is 1. The molecule has 1 N–H and O–H groups in total. The zero-order chi connectivity index (χ0) is 16.8. The van der Waals surface area contributed by atoms with Crippen LogP contribution in [0.5, 0.6) is 0 Å². The molecule has 1 fully saturated rings. The number of likely N-dealkylation sites (tertiary alicyclic amines) is 1. The lowest BCUT2D eigenvalue weighted by Crippen LogP contribution is -2.52. The second kappa shape index (κ2) is 8.72. The number of hydrogen-bond donors (Lipinski definition) is 1. The Bertz CT molecular complexity index is 453. The lowest BCUT2D eigenvalue weighted by atomic mass is 10.0. The van der Waals surface area contributed by atoms with Crippen molar-refractivity contribution < 1.29 is 13.2 Å². The SMILES string of the molecule is CCN1CCCC[C@H]1CNC(=O)N(CC)[C@H](C)CS(C)(=O)=O. The number of nitrogens with one attached hydrogen (secondary N) is 1. The Morgan fingerprint density at radius 1 is 1.36 bits per heavy atom. The van der Waals surface area contributed by atoms with Crippen LogP contribution in [-0.2, 0) is 9.84 Å². The number of urea groups is 1. The third-order valence-electron chi connectivity index (χ3n) is 4.32. The van der Waals surface area contributed by atoms with Crippen molar-refractivity contribution in [1.29, 1.82) is 0 Å². The van der Waals surface area contributed by atoms with Crippen LogP contribution in [0.3, 0.4) is 0 Å². The molecule has 1 aliphatic heterocycles. The summed E-state index contributed by atoms with van der Waals surface area (Å²) in [6.07, 6.45) is 4.75. The van der Waals surface area contributed by atoms with E-state index < -0.39 is 9.84 Å². The van der Waals surface area contributed by atoms with E-state index in [9.17, 15) is 13.2 Å². The van der Waals surface area contributed by atoms with E-state index in [-0.39, 0.29) is 17.8 Å². The van der Waals surface area contributed by atoms with Gasteiger partial charge in [-0.15, -0.1) is 0 Å². The van der Waals surface area contributed by atoms with Crippen LogP contribution in [0.25, 0.3) is 0 Å². The number of sulfone groups is 1. The predicted molar refractivity (Wildman–Crippen MR) is 89.8 cm³/mol. The number of rotatable bonds is 7. The monoisotopic (exact) mass is 333 g/mol. The molecule has 1 rings (SSSR count). The number of nitrogens with zero attached hydrogens (tertiary/aromatic N) is 2. The van der Waals surface area contributed by atoms with E-state index in [1.54, 1.807) is 11.8 Å². The fraction of sp³-hybridized carbons (Fsp3) is 0.933. The van der Waals surface area contributed by atoms with Crippen molar-refractivity contribution >= 4 is 15.9 Å². The Morgan fingerprint density at radius 2 is 2.05 bits per heavy atom. The van der Waals surface area contributed by atoms with Gasteiger partial charge in [-0.1, -0.05) is 13.3 Å². The smallest absolute Gasteiger partial charge is 0.317 e. The van der Waals surface area contributed by atoms with Gasteiger partial charge in [-0.05, 0) is 39.8 Å². The summed E-state index contributed by atoms with van der Waals surface area (Å²) in [4.78, 5) is 16.3. The van der Waals surface area contributed by atoms with E-state index in [2.05, 4.69) is 17.1 Å². The Balaban J connectivity index is 2.54. The summed E-state index contributed by atoms with van der Waals surface area (Å²) in [5.74, 6) is -0.00122. The standard InChI is InChI=1S/C15H31N3O3S/c1-5-17-10-8-7-9-14(17)11-16-15(19)18(6-2)13(3)12-22(4,20)21/h13-14H,5-12H2,1-4H3,(H,16,19)/t13-,14+/m1/s1. The first kappa shape index (κ1) is 19.2. The van der Waals surface area contributed by atoms with Crippen molar-refractivity contribution in [2.24, 2.45) is 0 Å². The number of amides is 2. The van der Waals surface area contributed by atoms with Gasteiger partial charge in [-0.2, -0.15) is 0 Å². The van der Waals surface area contributed by atoms with Crippen LogP contribution < -0.4 is 5.32 Å². The number of carbonyl (C=O) groups excluding carboxylic acids is 1. The Labute approximate surface area is 135 Å². The van der Waals surface area contributed by atoms with Crippen LogP contribution >= 0.6 is 0 Å². The molecule has 6 nitrogen and oxygen atoms in total. The maximum atomic E-state index is 12.3. The first-order valence-corrected chi connectivity index (χ1v) is 10.3. The summed E-state index contributed by atoms with van der Waals surface area (Å²) in [5, 5.41) is 2.98. The molecule has 0 unspecified atom stereocenters. The normalized spacial score (nSPS) is 21.4. The van der Waals surface area contributed by atoms with E-state index >= 15 is 0 Å². The highest BCUT2D eigenvalue weighted by Crippen LogP contribution is 2.16. The molecule has 7 heteroatoms. The molecule has 2 amide bonds. The molecule has 0 bridgehead atoms. The first-order valence-electron chi connectivity index (χ1n) is 8.24. The fourth-order valence-electron chi connectivity index (χ4n) is 3.20. The summed E-state index contributed by atoms with van der Waals surface area (Å²) in [7, 11) is -3.09. The van der Waals surface area contributed by atoms with Crippen LogP contribution in [0.2, 0.25) is 0 Å². The molecule has 22 heavy (non-hydrogen) atoms. The van der Waals surface area contributed by atoms with Gasteiger partial charge < -0.3 is 10.2 Å². The van der Waals surface area contributed by atoms with Gasteiger partial charge in [-0.3, -0.25) is 4.90 Å². The average Bonchev–Trinajstić information content (AvgIpc) is 2.44. The third kappa shape index (κ3) is 6.12. The molecule has 0 aromatic rings. The Morgan fingerprint density at radius 3 is 2.59 bits per heavy atom. The van der Waals surface area contributed by atoms with Crippen molar-refractivity contribution in [3.8, 4) is 0 Å². The Kier molecular flexibility index (Phi) is 7.62. The van der Waals surface area contributed by atoms with Crippen LogP contribution in [0.15, 0.2) is 0 Å². The zero-order valence-corrected chi connectivity index (χ0v) is 15.2. The molecular formula is C15H31N3O3S. The van der Waals surface area contributed by atoms with E-state index in [1.807, 2.05) is 6.92 Å². The lowest BCUT2D eigenvalue weighted by Gasteiger charge is -2.36. The highest BCUT2D eigenvalue weighted by atomic mass is 32.2. The topological polar surface area (TPSA) is 69.7 Å². The average molecular weight is 333 g/mol. The van der Waals surface area contributed by atoms with Gasteiger partial charge in [0.2, 0.25) is 0 Å². The van der Waals surface area contributed by atoms with E-state index in [4.69, 9.17) is 0 Å². The minimum Gasteiger partial charge on any atom is -0.336 e. The molecule has 0 spiro atoms. The summed E-state index contributed by atoms with van der Waals surface area (Å²) >= 11 is 0. The van der Waals surface area contributed by atoms with Crippen molar-refractivity contribution in [1.82, 2.24) is 15.1 Å². The van der Waals surface area contributed by atoms with Gasteiger partial charge in [0.1, 0.15) is 9.84 Å². The van der Waals surface area contributed by atoms with Gasteiger partial charge in [0, 0.05) is 31.4 Å². The molecule has 0 radical (unpaired) electrons. The van der Waals surface area contributed by atoms with Gasteiger partial charge in [-0.25, -0.2) is 13.2 Å². The molecule has 0 aromatic carbocycles. The highest BCUT2D eigenvalue weighted by Gasteiger charge is 2.25. The van der Waals surface area contributed by atoms with Gasteiger partial charge in [0.05, 0.1) is 5.75 Å². The maximum absolute atomic E-state index is 12.3. The van der Waals surface area contributed by atoms with Crippen LogP contribution in [0, 0.1) is 0 Å². The highest BCUT2D eigenvalue weighted by molar-refractivity contribution is 7.90. The van der Waals surface area contributed by atoms with Crippen molar-refractivity contribution in [2.75, 3.05) is 38.2 Å². The molecule has 0 saturated carbocycles. The minimum atomic E-state index is -3.09. The second-order valence-electron chi connectivity index (χ2n) is 6.19. The molecule has 0 aromatic heterocycles.